The zero-order valence-electron chi connectivity index (χ0n) is 10.9. The Morgan fingerprint density at radius 3 is 2.89 bits per heavy atom. The average Bonchev–Trinajstić information content (AvgIpc) is 2.39. The molecular weight excluding hydrogens is 232 g/mol. The first-order chi connectivity index (χ1) is 8.72. The highest BCUT2D eigenvalue weighted by Crippen LogP contribution is 2.26. The summed E-state index contributed by atoms with van der Waals surface area (Å²) in [7, 11) is 3.65. The van der Waals surface area contributed by atoms with Crippen LogP contribution in [-0.4, -0.2) is 48.2 Å². The first kappa shape index (κ1) is 12.9. The van der Waals surface area contributed by atoms with Crippen molar-refractivity contribution in [2.75, 3.05) is 33.0 Å². The molecule has 6 heteroatoms. The van der Waals surface area contributed by atoms with Gasteiger partial charge >= 0.3 is 0 Å². The average molecular weight is 252 g/mol. The van der Waals surface area contributed by atoms with Gasteiger partial charge in [0.05, 0.1) is 7.11 Å². The van der Waals surface area contributed by atoms with Crippen molar-refractivity contribution in [3.63, 3.8) is 0 Å². The Hall–Kier alpha value is -1.56. The van der Waals surface area contributed by atoms with Gasteiger partial charge in [-0.15, -0.1) is 0 Å². The number of methoxy groups -OCH3 is 1. The maximum absolute atomic E-state index is 5.86. The van der Waals surface area contributed by atoms with Crippen molar-refractivity contribution in [2.24, 2.45) is 0 Å². The van der Waals surface area contributed by atoms with E-state index in [2.05, 4.69) is 21.9 Å². The molecule has 0 saturated carbocycles. The van der Waals surface area contributed by atoms with Crippen LogP contribution in [0.4, 0.5) is 5.69 Å². The molecule has 18 heavy (non-hydrogen) atoms. The Balaban J connectivity index is 1.97. The smallest absolute Gasteiger partial charge is 0.244 e. The van der Waals surface area contributed by atoms with Crippen LogP contribution in [0.15, 0.2) is 6.33 Å². The lowest BCUT2D eigenvalue weighted by Gasteiger charge is -2.32. The quantitative estimate of drug-likeness (QED) is 0.859. The highest BCUT2D eigenvalue weighted by Gasteiger charge is 2.20. The van der Waals surface area contributed by atoms with Crippen LogP contribution in [0.1, 0.15) is 19.3 Å². The second-order valence-corrected chi connectivity index (χ2v) is 4.54. The summed E-state index contributed by atoms with van der Waals surface area (Å²) in [5.74, 6) is 0.762. The molecule has 0 aromatic carbocycles. The SMILES string of the molecule is COc1ncnc(OCC2CCCCN2C)c1N. The van der Waals surface area contributed by atoms with Gasteiger partial charge in [-0.05, 0) is 26.4 Å². The molecule has 1 aromatic heterocycles. The van der Waals surface area contributed by atoms with Crippen molar-refractivity contribution in [1.29, 1.82) is 0 Å². The van der Waals surface area contributed by atoms with Crippen molar-refractivity contribution in [3.05, 3.63) is 6.33 Å². The zero-order chi connectivity index (χ0) is 13.0. The number of aromatic nitrogens is 2. The standard InChI is InChI=1S/C12H20N4O2/c1-16-6-4-3-5-9(16)7-18-12-10(13)11(17-2)14-8-15-12/h8-9H,3-7,13H2,1-2H3. The van der Waals surface area contributed by atoms with Crippen LogP contribution in [-0.2, 0) is 0 Å². The second-order valence-electron chi connectivity index (χ2n) is 4.54. The van der Waals surface area contributed by atoms with E-state index in [1.165, 1.54) is 26.3 Å². The molecular formula is C12H20N4O2. The maximum Gasteiger partial charge on any atom is 0.244 e. The maximum atomic E-state index is 5.86. The third-order valence-electron chi connectivity index (χ3n) is 3.34. The fourth-order valence-electron chi connectivity index (χ4n) is 2.17. The number of nitrogen functional groups attached to an aromatic ring is 1. The highest BCUT2D eigenvalue weighted by atomic mass is 16.5. The molecule has 1 aliphatic heterocycles. The Morgan fingerprint density at radius 2 is 2.17 bits per heavy atom. The molecule has 100 valence electrons. The molecule has 0 bridgehead atoms. The number of rotatable bonds is 4. The van der Waals surface area contributed by atoms with Gasteiger partial charge in [-0.1, -0.05) is 6.42 Å². The molecule has 2 rings (SSSR count). The molecule has 6 nitrogen and oxygen atoms in total. The van der Waals surface area contributed by atoms with Crippen LogP contribution in [0.25, 0.3) is 0 Å². The molecule has 0 spiro atoms. The summed E-state index contributed by atoms with van der Waals surface area (Å²) >= 11 is 0. The topological polar surface area (TPSA) is 73.5 Å². The summed E-state index contributed by atoms with van der Waals surface area (Å²) in [6.45, 7) is 1.72. The lowest BCUT2D eigenvalue weighted by molar-refractivity contribution is 0.123. The van der Waals surface area contributed by atoms with Crippen molar-refractivity contribution in [1.82, 2.24) is 14.9 Å². The number of likely N-dealkylation sites (N-methyl/N-ethyl adjacent to an activating group) is 1. The summed E-state index contributed by atoms with van der Waals surface area (Å²) < 4.78 is 10.7. The largest absolute Gasteiger partial charge is 0.479 e. The van der Waals surface area contributed by atoms with Gasteiger partial charge in [0.1, 0.15) is 12.9 Å². The van der Waals surface area contributed by atoms with Crippen LogP contribution < -0.4 is 15.2 Å². The van der Waals surface area contributed by atoms with E-state index in [9.17, 15) is 0 Å². The molecule has 1 unspecified atom stereocenters. The van der Waals surface area contributed by atoms with Crippen LogP contribution in [0.3, 0.4) is 0 Å². The molecule has 2 heterocycles. The normalized spacial score (nSPS) is 20.7. The number of nitrogens with two attached hydrogens (primary N) is 1. The first-order valence-electron chi connectivity index (χ1n) is 6.20. The number of ether oxygens (including phenoxy) is 2. The van der Waals surface area contributed by atoms with Gasteiger partial charge < -0.3 is 20.1 Å². The molecule has 0 amide bonds. The highest BCUT2D eigenvalue weighted by molar-refractivity contribution is 5.55. The van der Waals surface area contributed by atoms with E-state index in [-0.39, 0.29) is 0 Å². The Morgan fingerprint density at radius 1 is 1.39 bits per heavy atom. The molecule has 0 radical (unpaired) electrons. The van der Waals surface area contributed by atoms with Gasteiger partial charge in [0.15, 0.2) is 5.69 Å². The molecule has 1 fully saturated rings. The number of nitrogens with zero attached hydrogens (tertiary/aromatic N) is 3. The number of hydrogen-bond donors (Lipinski definition) is 1. The monoisotopic (exact) mass is 252 g/mol. The van der Waals surface area contributed by atoms with E-state index in [1.807, 2.05) is 0 Å². The van der Waals surface area contributed by atoms with E-state index in [0.717, 1.165) is 13.0 Å². The summed E-state index contributed by atoms with van der Waals surface area (Å²) in [6.07, 6.45) is 5.06. The molecule has 2 N–H and O–H groups in total. The van der Waals surface area contributed by atoms with Gasteiger partial charge in [-0.3, -0.25) is 0 Å². The van der Waals surface area contributed by atoms with Crippen LogP contribution in [0, 0.1) is 0 Å². The summed E-state index contributed by atoms with van der Waals surface area (Å²) in [5.41, 5.74) is 6.22. The number of piperidine rings is 1. The van der Waals surface area contributed by atoms with Crippen molar-refractivity contribution < 1.29 is 9.47 Å². The fraction of sp³-hybridized carbons (Fsp3) is 0.667. The minimum absolute atomic E-state index is 0.358. The number of likely N-dealkylation sites (tertiary alicyclic amines) is 1. The zero-order valence-corrected chi connectivity index (χ0v) is 10.9. The predicted molar refractivity (Wildman–Crippen MR) is 68.8 cm³/mol. The van der Waals surface area contributed by atoms with Crippen molar-refractivity contribution in [3.8, 4) is 11.8 Å². The van der Waals surface area contributed by atoms with Gasteiger partial charge in [-0.2, -0.15) is 9.97 Å². The van der Waals surface area contributed by atoms with Crippen LogP contribution in [0.5, 0.6) is 11.8 Å². The minimum atomic E-state index is 0.358. The molecule has 1 aromatic rings. The summed E-state index contributed by atoms with van der Waals surface area (Å²) in [4.78, 5) is 10.3. The van der Waals surface area contributed by atoms with Gasteiger partial charge in [-0.25, -0.2) is 0 Å². The van der Waals surface area contributed by atoms with Gasteiger partial charge in [0, 0.05) is 6.04 Å². The predicted octanol–water partition coefficient (Wildman–Crippen LogP) is 0.930. The van der Waals surface area contributed by atoms with Crippen LogP contribution in [0.2, 0.25) is 0 Å². The Bertz CT molecular complexity index is 400. The van der Waals surface area contributed by atoms with Crippen molar-refractivity contribution in [2.45, 2.75) is 25.3 Å². The third kappa shape index (κ3) is 2.81. The molecule has 1 saturated heterocycles. The molecule has 1 atom stereocenters. The Kier molecular flexibility index (Phi) is 4.19. The molecule has 0 aliphatic carbocycles. The summed E-state index contributed by atoms with van der Waals surface area (Å²) in [5, 5.41) is 0. The van der Waals surface area contributed by atoms with E-state index < -0.39 is 0 Å². The minimum Gasteiger partial charge on any atom is -0.479 e. The van der Waals surface area contributed by atoms with Gasteiger partial charge in [0.25, 0.3) is 0 Å². The lowest BCUT2D eigenvalue weighted by Crippen LogP contribution is -2.40. The van der Waals surface area contributed by atoms with E-state index in [1.54, 1.807) is 0 Å². The Labute approximate surface area is 107 Å². The molecule has 1 aliphatic rings. The fourth-order valence-corrected chi connectivity index (χ4v) is 2.17. The second kappa shape index (κ2) is 5.86. The lowest BCUT2D eigenvalue weighted by atomic mass is 10.0. The number of hydrogen-bond acceptors (Lipinski definition) is 6. The van der Waals surface area contributed by atoms with Crippen molar-refractivity contribution >= 4 is 5.69 Å². The van der Waals surface area contributed by atoms with Crippen LogP contribution >= 0.6 is 0 Å². The number of anilines is 1. The first-order valence-corrected chi connectivity index (χ1v) is 6.20. The van der Waals surface area contributed by atoms with E-state index in [4.69, 9.17) is 15.2 Å². The third-order valence-corrected chi connectivity index (χ3v) is 3.34. The van der Waals surface area contributed by atoms with E-state index >= 15 is 0 Å². The van der Waals surface area contributed by atoms with E-state index in [0.29, 0.717) is 30.1 Å². The van der Waals surface area contributed by atoms with Gasteiger partial charge in [0.2, 0.25) is 11.8 Å². The summed E-state index contributed by atoms with van der Waals surface area (Å²) in [6, 6.07) is 0.430.